The lowest BCUT2D eigenvalue weighted by molar-refractivity contribution is 0.0734. The van der Waals surface area contributed by atoms with Crippen LogP contribution >= 0.6 is 0 Å². The first kappa shape index (κ1) is 18.4. The number of aliphatic imine (C=N–C) groups is 1. The van der Waals surface area contributed by atoms with Crippen LogP contribution in [0.1, 0.15) is 28.4 Å². The van der Waals surface area contributed by atoms with E-state index in [1.54, 1.807) is 42.6 Å². The Hall–Kier alpha value is -3.40. The maximum Gasteiger partial charge on any atom is 0.343 e. The average Bonchev–Trinajstić information content (AvgIpc) is 2.69. The molecule has 0 heterocycles. The highest BCUT2D eigenvalue weighted by Gasteiger charge is 2.08. The van der Waals surface area contributed by atoms with E-state index in [0.717, 1.165) is 22.6 Å². The number of ether oxygens (including phenoxy) is 2. The molecular weight excluding hydrogens is 338 g/mol. The van der Waals surface area contributed by atoms with Crippen LogP contribution in [0.4, 0.5) is 5.69 Å². The lowest BCUT2D eigenvalue weighted by atomic mass is 10.2. The van der Waals surface area contributed by atoms with Crippen molar-refractivity contribution in [1.29, 1.82) is 0 Å². The molecule has 0 aliphatic heterocycles. The largest absolute Gasteiger partial charge is 0.494 e. The summed E-state index contributed by atoms with van der Waals surface area (Å²) in [5.41, 5.74) is 3.46. The van der Waals surface area contributed by atoms with Crippen molar-refractivity contribution in [2.75, 3.05) is 6.61 Å². The molecule has 0 atom stereocenters. The van der Waals surface area contributed by atoms with Crippen LogP contribution in [0.5, 0.6) is 11.5 Å². The highest BCUT2D eigenvalue weighted by molar-refractivity contribution is 5.91. The predicted molar refractivity (Wildman–Crippen MR) is 107 cm³/mol. The highest BCUT2D eigenvalue weighted by Crippen LogP contribution is 2.19. The van der Waals surface area contributed by atoms with Crippen LogP contribution in [-0.2, 0) is 0 Å². The standard InChI is InChI=1S/C23H21NO3/c1-3-26-20-14-10-19(11-15-20)23(25)27-21-12-8-18(9-13-21)16-24-22-7-5-4-6-17(22)2/h4-16H,3H2,1-2H3. The van der Waals surface area contributed by atoms with Crippen LogP contribution < -0.4 is 9.47 Å². The van der Waals surface area contributed by atoms with Gasteiger partial charge in [0, 0.05) is 6.21 Å². The van der Waals surface area contributed by atoms with Gasteiger partial charge in [-0.05, 0) is 79.6 Å². The van der Waals surface area contributed by atoms with E-state index in [-0.39, 0.29) is 0 Å². The molecule has 0 saturated heterocycles. The van der Waals surface area contributed by atoms with Crippen molar-refractivity contribution < 1.29 is 14.3 Å². The first-order chi connectivity index (χ1) is 13.2. The molecule has 0 N–H and O–H groups in total. The molecule has 27 heavy (non-hydrogen) atoms. The van der Waals surface area contributed by atoms with Crippen LogP contribution in [0.15, 0.2) is 77.8 Å². The van der Waals surface area contributed by atoms with Crippen molar-refractivity contribution in [3.63, 3.8) is 0 Å². The number of hydrogen-bond acceptors (Lipinski definition) is 4. The van der Waals surface area contributed by atoms with E-state index in [1.165, 1.54) is 0 Å². The molecule has 4 heteroatoms. The van der Waals surface area contributed by atoms with Gasteiger partial charge in [0.15, 0.2) is 0 Å². The summed E-state index contributed by atoms with van der Waals surface area (Å²) in [7, 11) is 0. The summed E-state index contributed by atoms with van der Waals surface area (Å²) in [4.78, 5) is 16.7. The number of esters is 1. The molecule has 0 spiro atoms. The zero-order valence-electron chi connectivity index (χ0n) is 15.4. The number of para-hydroxylation sites is 1. The fourth-order valence-corrected chi connectivity index (χ4v) is 2.49. The molecule has 3 aromatic carbocycles. The van der Waals surface area contributed by atoms with Gasteiger partial charge >= 0.3 is 5.97 Å². The Balaban J connectivity index is 1.63. The van der Waals surface area contributed by atoms with Gasteiger partial charge in [0.25, 0.3) is 0 Å². The Labute approximate surface area is 159 Å². The minimum atomic E-state index is -0.403. The van der Waals surface area contributed by atoms with Crippen molar-refractivity contribution in [2.24, 2.45) is 4.99 Å². The fourth-order valence-electron chi connectivity index (χ4n) is 2.49. The molecule has 0 unspecified atom stereocenters. The van der Waals surface area contributed by atoms with Crippen LogP contribution in [0.25, 0.3) is 0 Å². The molecule has 0 aromatic heterocycles. The second-order valence-electron chi connectivity index (χ2n) is 5.96. The summed E-state index contributed by atoms with van der Waals surface area (Å²) in [6, 6.07) is 22.1. The van der Waals surface area contributed by atoms with Gasteiger partial charge in [0.05, 0.1) is 17.9 Å². The summed E-state index contributed by atoms with van der Waals surface area (Å²) in [6.45, 7) is 4.52. The van der Waals surface area contributed by atoms with Crippen LogP contribution in [0, 0.1) is 6.92 Å². The lowest BCUT2D eigenvalue weighted by Gasteiger charge is -2.06. The van der Waals surface area contributed by atoms with Crippen molar-refractivity contribution in [2.45, 2.75) is 13.8 Å². The van der Waals surface area contributed by atoms with E-state index < -0.39 is 5.97 Å². The van der Waals surface area contributed by atoms with Crippen molar-refractivity contribution >= 4 is 17.9 Å². The Morgan fingerprint density at radius 3 is 2.26 bits per heavy atom. The monoisotopic (exact) mass is 359 g/mol. The Bertz CT molecular complexity index is 929. The van der Waals surface area contributed by atoms with Crippen molar-refractivity contribution in [3.05, 3.63) is 89.5 Å². The number of rotatable bonds is 6. The fraction of sp³-hybridized carbons (Fsp3) is 0.130. The number of carbonyl (C=O) groups is 1. The van der Waals surface area contributed by atoms with E-state index in [2.05, 4.69) is 4.99 Å². The summed E-state index contributed by atoms with van der Waals surface area (Å²) < 4.78 is 10.8. The zero-order chi connectivity index (χ0) is 19.1. The summed E-state index contributed by atoms with van der Waals surface area (Å²) in [5, 5.41) is 0. The number of nitrogens with zero attached hydrogens (tertiary/aromatic N) is 1. The third kappa shape index (κ3) is 5.05. The van der Waals surface area contributed by atoms with E-state index in [1.807, 2.05) is 50.2 Å². The molecule has 0 bridgehead atoms. The normalized spacial score (nSPS) is 10.7. The quantitative estimate of drug-likeness (QED) is 0.338. The minimum absolute atomic E-state index is 0.403. The molecular formula is C23H21NO3. The van der Waals surface area contributed by atoms with Gasteiger partial charge in [-0.3, -0.25) is 4.99 Å². The molecule has 0 aliphatic carbocycles. The van der Waals surface area contributed by atoms with Gasteiger partial charge in [-0.15, -0.1) is 0 Å². The second-order valence-corrected chi connectivity index (χ2v) is 5.96. The number of benzene rings is 3. The Morgan fingerprint density at radius 1 is 0.926 bits per heavy atom. The molecule has 3 aromatic rings. The molecule has 3 rings (SSSR count). The maximum atomic E-state index is 12.2. The smallest absolute Gasteiger partial charge is 0.343 e. The number of aryl methyl sites for hydroxylation is 1. The second kappa shape index (κ2) is 8.81. The molecule has 0 radical (unpaired) electrons. The predicted octanol–water partition coefficient (Wildman–Crippen LogP) is 5.36. The lowest BCUT2D eigenvalue weighted by Crippen LogP contribution is -2.08. The first-order valence-corrected chi connectivity index (χ1v) is 8.80. The van der Waals surface area contributed by atoms with Gasteiger partial charge in [0.2, 0.25) is 0 Å². The van der Waals surface area contributed by atoms with Gasteiger partial charge in [-0.1, -0.05) is 18.2 Å². The van der Waals surface area contributed by atoms with Gasteiger partial charge < -0.3 is 9.47 Å². The molecule has 0 saturated carbocycles. The van der Waals surface area contributed by atoms with E-state index in [0.29, 0.717) is 17.9 Å². The maximum absolute atomic E-state index is 12.2. The SMILES string of the molecule is CCOc1ccc(C(=O)Oc2ccc(C=Nc3ccccc3C)cc2)cc1. The van der Waals surface area contributed by atoms with Crippen LogP contribution in [0.2, 0.25) is 0 Å². The van der Waals surface area contributed by atoms with E-state index >= 15 is 0 Å². The van der Waals surface area contributed by atoms with Crippen LogP contribution in [-0.4, -0.2) is 18.8 Å². The minimum Gasteiger partial charge on any atom is -0.494 e. The van der Waals surface area contributed by atoms with E-state index in [4.69, 9.17) is 9.47 Å². The number of carbonyl (C=O) groups excluding carboxylic acids is 1. The van der Waals surface area contributed by atoms with Crippen molar-refractivity contribution in [1.82, 2.24) is 0 Å². The number of hydrogen-bond donors (Lipinski definition) is 0. The van der Waals surface area contributed by atoms with Gasteiger partial charge in [-0.25, -0.2) is 4.79 Å². The van der Waals surface area contributed by atoms with Gasteiger partial charge in [-0.2, -0.15) is 0 Å². The molecule has 0 amide bonds. The topological polar surface area (TPSA) is 47.9 Å². The van der Waals surface area contributed by atoms with Crippen molar-refractivity contribution in [3.8, 4) is 11.5 Å². The third-order valence-corrected chi connectivity index (χ3v) is 3.96. The zero-order valence-corrected chi connectivity index (χ0v) is 15.4. The summed E-state index contributed by atoms with van der Waals surface area (Å²) in [5.74, 6) is 0.813. The summed E-state index contributed by atoms with van der Waals surface area (Å²) >= 11 is 0. The Morgan fingerprint density at radius 2 is 1.59 bits per heavy atom. The third-order valence-electron chi connectivity index (χ3n) is 3.96. The highest BCUT2D eigenvalue weighted by atomic mass is 16.5. The molecule has 0 fully saturated rings. The molecule has 4 nitrogen and oxygen atoms in total. The average molecular weight is 359 g/mol. The molecule has 136 valence electrons. The van der Waals surface area contributed by atoms with E-state index in [9.17, 15) is 4.79 Å². The summed E-state index contributed by atoms with van der Waals surface area (Å²) in [6.07, 6.45) is 1.79. The van der Waals surface area contributed by atoms with Crippen LogP contribution in [0.3, 0.4) is 0 Å². The van der Waals surface area contributed by atoms with Gasteiger partial charge in [0.1, 0.15) is 11.5 Å². The Kier molecular flexibility index (Phi) is 6.00. The first-order valence-electron chi connectivity index (χ1n) is 8.80. The molecule has 0 aliphatic rings.